The van der Waals surface area contributed by atoms with Crippen LogP contribution in [0, 0.1) is 5.92 Å². The highest BCUT2D eigenvalue weighted by atomic mass is 16.4. The molecule has 0 radical (unpaired) electrons. The average molecular weight is 245 g/mol. The first-order valence-electron chi connectivity index (χ1n) is 5.68. The molecule has 0 aliphatic heterocycles. The Morgan fingerprint density at radius 1 is 1.18 bits per heavy atom. The standard InChI is InChI=1S/C11H23N3O3/c1-7(2)9(6-14(4)5)13-11(17)12-8(3)10(15)16/h7-9H,6H2,1-5H3,(H,15,16)(H2,12,13,17)/t8-,9?/m1/s1. The summed E-state index contributed by atoms with van der Waals surface area (Å²) in [6.45, 7) is 6.16. The number of carbonyl (C=O) groups excluding carboxylic acids is 1. The SMILES string of the molecule is CC(C)C(CN(C)C)NC(=O)N[C@H](C)C(=O)O. The Morgan fingerprint density at radius 3 is 2.06 bits per heavy atom. The van der Waals surface area contributed by atoms with Crippen LogP contribution in [0.1, 0.15) is 20.8 Å². The maximum atomic E-state index is 11.6. The highest BCUT2D eigenvalue weighted by Gasteiger charge is 2.19. The zero-order valence-corrected chi connectivity index (χ0v) is 11.2. The molecule has 17 heavy (non-hydrogen) atoms. The lowest BCUT2D eigenvalue weighted by Gasteiger charge is -2.26. The maximum Gasteiger partial charge on any atom is 0.325 e. The Balaban J connectivity index is 4.26. The van der Waals surface area contributed by atoms with Gasteiger partial charge < -0.3 is 20.6 Å². The van der Waals surface area contributed by atoms with Crippen LogP contribution in [0.2, 0.25) is 0 Å². The van der Waals surface area contributed by atoms with E-state index in [1.807, 2.05) is 32.8 Å². The first-order chi connectivity index (χ1) is 7.73. The highest BCUT2D eigenvalue weighted by Crippen LogP contribution is 2.02. The normalized spacial score (nSPS) is 14.5. The van der Waals surface area contributed by atoms with Crippen molar-refractivity contribution in [3.05, 3.63) is 0 Å². The number of aliphatic carboxylic acids is 1. The molecular formula is C11H23N3O3. The predicted octanol–water partition coefficient (Wildman–Crippen LogP) is 0.345. The molecular weight excluding hydrogens is 222 g/mol. The van der Waals surface area contributed by atoms with E-state index in [0.717, 1.165) is 0 Å². The molecule has 2 amide bonds. The van der Waals surface area contributed by atoms with Crippen molar-refractivity contribution < 1.29 is 14.7 Å². The van der Waals surface area contributed by atoms with Crippen molar-refractivity contribution in [2.24, 2.45) is 5.92 Å². The number of urea groups is 1. The number of carbonyl (C=O) groups is 2. The Kier molecular flexibility index (Phi) is 6.57. The predicted molar refractivity (Wildman–Crippen MR) is 65.9 cm³/mol. The van der Waals surface area contributed by atoms with Crippen molar-refractivity contribution in [2.75, 3.05) is 20.6 Å². The second kappa shape index (κ2) is 7.11. The van der Waals surface area contributed by atoms with Crippen LogP contribution in [0.15, 0.2) is 0 Å². The number of hydrogen-bond donors (Lipinski definition) is 3. The number of carboxylic acids is 1. The number of nitrogens with zero attached hydrogens (tertiary/aromatic N) is 1. The summed E-state index contributed by atoms with van der Waals surface area (Å²) in [7, 11) is 3.85. The van der Waals surface area contributed by atoms with E-state index < -0.39 is 18.0 Å². The van der Waals surface area contributed by atoms with E-state index in [2.05, 4.69) is 10.6 Å². The van der Waals surface area contributed by atoms with Gasteiger partial charge in [-0.3, -0.25) is 4.79 Å². The number of likely N-dealkylation sites (N-methyl/N-ethyl adjacent to an activating group) is 1. The summed E-state index contributed by atoms with van der Waals surface area (Å²) in [6, 6.07) is -1.34. The van der Waals surface area contributed by atoms with Crippen LogP contribution in [0.5, 0.6) is 0 Å². The van der Waals surface area contributed by atoms with Crippen molar-refractivity contribution in [1.29, 1.82) is 0 Å². The second-order valence-electron chi connectivity index (χ2n) is 4.79. The third-order valence-electron chi connectivity index (χ3n) is 2.40. The van der Waals surface area contributed by atoms with Crippen LogP contribution in [-0.2, 0) is 4.79 Å². The van der Waals surface area contributed by atoms with Gasteiger partial charge in [0.15, 0.2) is 0 Å². The molecule has 3 N–H and O–H groups in total. The van der Waals surface area contributed by atoms with Gasteiger partial charge in [-0.05, 0) is 26.9 Å². The smallest absolute Gasteiger partial charge is 0.325 e. The molecule has 100 valence electrons. The van der Waals surface area contributed by atoms with Crippen molar-refractivity contribution in [1.82, 2.24) is 15.5 Å². The summed E-state index contributed by atoms with van der Waals surface area (Å²) in [4.78, 5) is 24.1. The number of carboxylic acid groups (broad SMARTS) is 1. The Bertz CT molecular complexity index is 267. The zero-order valence-electron chi connectivity index (χ0n) is 11.2. The quantitative estimate of drug-likeness (QED) is 0.630. The average Bonchev–Trinajstić information content (AvgIpc) is 2.15. The fraction of sp³-hybridized carbons (Fsp3) is 0.818. The minimum atomic E-state index is -1.05. The van der Waals surface area contributed by atoms with Gasteiger partial charge in [0.2, 0.25) is 0 Å². The van der Waals surface area contributed by atoms with Crippen molar-refractivity contribution in [2.45, 2.75) is 32.9 Å². The molecule has 0 bridgehead atoms. The molecule has 0 aliphatic carbocycles. The van der Waals surface area contributed by atoms with Gasteiger partial charge in [-0.25, -0.2) is 4.79 Å². The van der Waals surface area contributed by atoms with E-state index in [0.29, 0.717) is 6.54 Å². The lowest BCUT2D eigenvalue weighted by atomic mass is 10.0. The Labute approximate surface area is 102 Å². The molecule has 0 aliphatic rings. The van der Waals surface area contributed by atoms with Crippen LogP contribution in [0.25, 0.3) is 0 Å². The first kappa shape index (κ1) is 15.7. The lowest BCUT2D eigenvalue weighted by Crippen LogP contribution is -2.52. The molecule has 0 aromatic rings. The molecule has 1 unspecified atom stereocenters. The van der Waals surface area contributed by atoms with E-state index in [1.54, 1.807) is 0 Å². The van der Waals surface area contributed by atoms with E-state index in [1.165, 1.54) is 6.92 Å². The monoisotopic (exact) mass is 245 g/mol. The Hall–Kier alpha value is -1.30. The number of nitrogens with one attached hydrogen (secondary N) is 2. The van der Waals surface area contributed by atoms with Crippen molar-refractivity contribution in [3.8, 4) is 0 Å². The van der Waals surface area contributed by atoms with Gasteiger partial charge in [0.05, 0.1) is 0 Å². The van der Waals surface area contributed by atoms with E-state index in [-0.39, 0.29) is 12.0 Å². The summed E-state index contributed by atoms with van der Waals surface area (Å²) in [5.74, 6) is -0.767. The minimum absolute atomic E-state index is 0.00834. The summed E-state index contributed by atoms with van der Waals surface area (Å²) >= 11 is 0. The zero-order chi connectivity index (χ0) is 13.6. The topological polar surface area (TPSA) is 81.7 Å². The number of hydrogen-bond acceptors (Lipinski definition) is 3. The Morgan fingerprint density at radius 2 is 1.71 bits per heavy atom. The summed E-state index contributed by atoms with van der Waals surface area (Å²) in [5.41, 5.74) is 0. The third-order valence-corrected chi connectivity index (χ3v) is 2.40. The molecule has 0 heterocycles. The third kappa shape index (κ3) is 6.78. The van der Waals surface area contributed by atoms with Gasteiger partial charge in [0.25, 0.3) is 0 Å². The van der Waals surface area contributed by atoms with Gasteiger partial charge in [-0.2, -0.15) is 0 Å². The van der Waals surface area contributed by atoms with Crippen molar-refractivity contribution >= 4 is 12.0 Å². The lowest BCUT2D eigenvalue weighted by molar-refractivity contribution is -0.138. The van der Waals surface area contributed by atoms with E-state index in [4.69, 9.17) is 5.11 Å². The molecule has 0 aromatic carbocycles. The number of amides is 2. The minimum Gasteiger partial charge on any atom is -0.480 e. The van der Waals surface area contributed by atoms with Gasteiger partial charge in [0.1, 0.15) is 6.04 Å². The summed E-state index contributed by atoms with van der Waals surface area (Å²) < 4.78 is 0. The van der Waals surface area contributed by atoms with Crippen molar-refractivity contribution in [3.63, 3.8) is 0 Å². The van der Waals surface area contributed by atoms with E-state index >= 15 is 0 Å². The molecule has 0 saturated carbocycles. The van der Waals surface area contributed by atoms with Crippen LogP contribution in [0.3, 0.4) is 0 Å². The fourth-order valence-electron chi connectivity index (χ4n) is 1.28. The molecule has 2 atom stereocenters. The summed E-state index contributed by atoms with van der Waals surface area (Å²) in [6.07, 6.45) is 0. The number of rotatable bonds is 6. The first-order valence-corrected chi connectivity index (χ1v) is 5.68. The van der Waals surface area contributed by atoms with Gasteiger partial charge in [0, 0.05) is 12.6 Å². The molecule has 6 heteroatoms. The molecule has 0 rings (SSSR count). The molecule has 0 spiro atoms. The molecule has 0 saturated heterocycles. The van der Waals surface area contributed by atoms with Gasteiger partial charge in [-0.1, -0.05) is 13.8 Å². The van der Waals surface area contributed by atoms with Crippen LogP contribution >= 0.6 is 0 Å². The molecule has 0 aromatic heterocycles. The highest BCUT2D eigenvalue weighted by molar-refractivity contribution is 5.82. The fourth-order valence-corrected chi connectivity index (χ4v) is 1.28. The molecule has 0 fully saturated rings. The molecule has 6 nitrogen and oxygen atoms in total. The van der Waals surface area contributed by atoms with E-state index in [9.17, 15) is 9.59 Å². The van der Waals surface area contributed by atoms with Crippen LogP contribution in [0.4, 0.5) is 4.79 Å². The van der Waals surface area contributed by atoms with Gasteiger partial charge >= 0.3 is 12.0 Å². The largest absolute Gasteiger partial charge is 0.480 e. The summed E-state index contributed by atoms with van der Waals surface area (Å²) in [5, 5.41) is 13.8. The van der Waals surface area contributed by atoms with Crippen LogP contribution < -0.4 is 10.6 Å². The maximum absolute atomic E-state index is 11.6. The second-order valence-corrected chi connectivity index (χ2v) is 4.79. The van der Waals surface area contributed by atoms with Gasteiger partial charge in [-0.15, -0.1) is 0 Å². The van der Waals surface area contributed by atoms with Crippen LogP contribution in [-0.4, -0.2) is 54.7 Å².